The van der Waals surface area contributed by atoms with Crippen LogP contribution < -0.4 is 11.1 Å². The van der Waals surface area contributed by atoms with Crippen LogP contribution >= 0.6 is 0 Å². The molecule has 0 spiro atoms. The maximum absolute atomic E-state index is 13.6. The number of hydrogen-bond acceptors (Lipinski definition) is 6. The van der Waals surface area contributed by atoms with Gasteiger partial charge in [0.2, 0.25) is 0 Å². The molecule has 0 aliphatic heterocycles. The zero-order valence-corrected chi connectivity index (χ0v) is 19.2. The Labute approximate surface area is 195 Å². The lowest BCUT2D eigenvalue weighted by Gasteiger charge is -2.20. The number of benzene rings is 1. The Morgan fingerprint density at radius 1 is 1.21 bits per heavy atom. The highest BCUT2D eigenvalue weighted by Crippen LogP contribution is 2.32. The molecule has 34 heavy (non-hydrogen) atoms. The van der Waals surface area contributed by atoms with E-state index in [1.165, 1.54) is 17.7 Å². The lowest BCUT2D eigenvalue weighted by Crippen LogP contribution is -2.31. The Morgan fingerprint density at radius 3 is 2.71 bits per heavy atom. The second-order valence-electron chi connectivity index (χ2n) is 8.35. The van der Waals surface area contributed by atoms with Crippen molar-refractivity contribution in [2.45, 2.75) is 39.2 Å². The van der Waals surface area contributed by atoms with Gasteiger partial charge in [0, 0.05) is 47.5 Å². The van der Waals surface area contributed by atoms with Crippen LogP contribution in [0.4, 0.5) is 0 Å². The maximum Gasteiger partial charge on any atom is 0.306 e. The number of imidazole rings is 1. The van der Waals surface area contributed by atoms with Crippen molar-refractivity contribution in [1.82, 2.24) is 19.5 Å². The zero-order chi connectivity index (χ0) is 24.4. The second-order valence-corrected chi connectivity index (χ2v) is 8.35. The molecule has 3 heterocycles. The summed E-state index contributed by atoms with van der Waals surface area (Å²) in [6, 6.07) is 8.76. The minimum absolute atomic E-state index is 0.0161. The molecule has 1 atom stereocenters. The summed E-state index contributed by atoms with van der Waals surface area (Å²) in [5.74, 6) is -1.86. The van der Waals surface area contributed by atoms with E-state index in [0.717, 1.165) is 16.6 Å². The number of nitrogens with zero attached hydrogens (tertiary/aromatic N) is 2. The first kappa shape index (κ1) is 23.0. The highest BCUT2D eigenvalue weighted by Gasteiger charge is 2.29. The zero-order valence-electron chi connectivity index (χ0n) is 19.2. The predicted octanol–water partition coefficient (Wildman–Crippen LogP) is 2.67. The van der Waals surface area contributed by atoms with Crippen molar-refractivity contribution in [3.63, 3.8) is 0 Å². The van der Waals surface area contributed by atoms with Crippen molar-refractivity contribution in [2.24, 2.45) is 0 Å². The first-order valence-electron chi connectivity index (χ1n) is 10.9. The SMILES string of the molecule is COC(=O)C[C@H](c1cc2ccc(C)cc2[nH]c1=O)c1c(O)cc(C)n(CCc2cnc[nH]2)c1=O. The van der Waals surface area contributed by atoms with E-state index in [1.54, 1.807) is 25.5 Å². The van der Waals surface area contributed by atoms with Crippen molar-refractivity contribution < 1.29 is 14.6 Å². The van der Waals surface area contributed by atoms with Gasteiger partial charge in [0.25, 0.3) is 11.1 Å². The summed E-state index contributed by atoms with van der Waals surface area (Å²) in [5, 5.41) is 11.6. The van der Waals surface area contributed by atoms with Crippen molar-refractivity contribution in [3.05, 3.63) is 91.6 Å². The molecule has 0 fully saturated rings. The minimum atomic E-state index is -0.992. The average Bonchev–Trinajstić information content (AvgIpc) is 3.31. The van der Waals surface area contributed by atoms with Crippen molar-refractivity contribution >= 4 is 16.9 Å². The van der Waals surface area contributed by atoms with Gasteiger partial charge in [-0.1, -0.05) is 12.1 Å². The molecule has 9 nitrogen and oxygen atoms in total. The number of aryl methyl sites for hydroxylation is 3. The maximum atomic E-state index is 13.6. The van der Waals surface area contributed by atoms with Crippen LogP contribution in [0.25, 0.3) is 10.9 Å². The summed E-state index contributed by atoms with van der Waals surface area (Å²) >= 11 is 0. The molecule has 0 unspecified atom stereocenters. The molecule has 1 aromatic carbocycles. The Balaban J connectivity index is 1.87. The van der Waals surface area contributed by atoms with E-state index in [9.17, 15) is 19.5 Å². The van der Waals surface area contributed by atoms with Crippen molar-refractivity contribution in [3.8, 4) is 5.75 Å². The fraction of sp³-hybridized carbons (Fsp3) is 0.280. The first-order chi connectivity index (χ1) is 16.3. The number of ether oxygens (including phenoxy) is 1. The molecular weight excluding hydrogens is 436 g/mol. The third-order valence-corrected chi connectivity index (χ3v) is 6.04. The number of nitrogens with one attached hydrogen (secondary N) is 2. The lowest BCUT2D eigenvalue weighted by atomic mass is 9.88. The number of H-pyrrole nitrogens is 2. The number of rotatable bonds is 7. The molecule has 0 amide bonds. The summed E-state index contributed by atoms with van der Waals surface area (Å²) in [6.45, 7) is 3.97. The van der Waals surface area contributed by atoms with Gasteiger partial charge >= 0.3 is 5.97 Å². The Kier molecular flexibility index (Phi) is 6.36. The van der Waals surface area contributed by atoms with E-state index < -0.39 is 23.0 Å². The molecular formula is C25H26N4O5. The van der Waals surface area contributed by atoms with Crippen molar-refractivity contribution in [1.29, 1.82) is 0 Å². The summed E-state index contributed by atoms with van der Waals surface area (Å²) in [5.41, 5.74) is 2.34. The number of fused-ring (bicyclic) bond motifs is 1. The van der Waals surface area contributed by atoms with Gasteiger partial charge in [-0.05, 0) is 43.0 Å². The van der Waals surface area contributed by atoms with Gasteiger partial charge in [-0.15, -0.1) is 0 Å². The van der Waals surface area contributed by atoms with Crippen LogP contribution in [0.1, 0.15) is 40.4 Å². The smallest absolute Gasteiger partial charge is 0.306 e. The second kappa shape index (κ2) is 9.38. The van der Waals surface area contributed by atoms with Gasteiger partial charge in [-0.25, -0.2) is 4.98 Å². The van der Waals surface area contributed by atoms with Crippen LogP contribution in [-0.2, 0) is 22.5 Å². The van der Waals surface area contributed by atoms with Crippen LogP contribution in [0, 0.1) is 13.8 Å². The number of carbonyl (C=O) groups excluding carboxylic acids is 1. The Bertz CT molecular complexity index is 1470. The van der Waals surface area contributed by atoms with E-state index >= 15 is 0 Å². The normalized spacial score (nSPS) is 12.1. The van der Waals surface area contributed by atoms with E-state index in [-0.39, 0.29) is 23.3 Å². The molecule has 9 heteroatoms. The van der Waals surface area contributed by atoms with Crippen LogP contribution in [0.15, 0.2) is 52.4 Å². The molecule has 0 radical (unpaired) electrons. The first-order valence-corrected chi connectivity index (χ1v) is 10.9. The summed E-state index contributed by atoms with van der Waals surface area (Å²) in [7, 11) is 1.24. The van der Waals surface area contributed by atoms with Crippen LogP contribution in [0.3, 0.4) is 0 Å². The van der Waals surface area contributed by atoms with Gasteiger partial charge in [-0.2, -0.15) is 0 Å². The van der Waals surface area contributed by atoms with E-state index in [4.69, 9.17) is 4.74 Å². The number of hydrogen-bond donors (Lipinski definition) is 3. The molecule has 4 rings (SSSR count). The fourth-order valence-electron chi connectivity index (χ4n) is 4.24. The molecule has 4 aromatic rings. The van der Waals surface area contributed by atoms with E-state index in [0.29, 0.717) is 24.2 Å². The largest absolute Gasteiger partial charge is 0.507 e. The van der Waals surface area contributed by atoms with Crippen LogP contribution in [0.2, 0.25) is 0 Å². The standard InChI is InChI=1S/C25H26N4O5/c1-14-4-5-16-10-19(24(32)28-20(16)8-14)18(11-22(31)34-3)23-21(30)9-15(2)29(25(23)33)7-6-17-12-26-13-27-17/h4-5,8-10,12-13,18,30H,6-7,11H2,1-3H3,(H,26,27)(H,28,32)/t18-/m1/s1. The van der Waals surface area contributed by atoms with Gasteiger partial charge in [0.05, 0.1) is 25.4 Å². The van der Waals surface area contributed by atoms with Gasteiger partial charge in [0.1, 0.15) is 5.75 Å². The van der Waals surface area contributed by atoms with Gasteiger partial charge in [-0.3, -0.25) is 14.4 Å². The predicted molar refractivity (Wildman–Crippen MR) is 127 cm³/mol. The lowest BCUT2D eigenvalue weighted by molar-refractivity contribution is -0.140. The van der Waals surface area contributed by atoms with Crippen LogP contribution in [-0.4, -0.2) is 37.7 Å². The number of carbonyl (C=O) groups is 1. The average molecular weight is 463 g/mol. The molecule has 0 bridgehead atoms. The van der Waals surface area contributed by atoms with Gasteiger partial charge in [0.15, 0.2) is 0 Å². The van der Waals surface area contributed by atoms with E-state index in [1.807, 2.05) is 25.1 Å². The molecule has 0 saturated carbocycles. The highest BCUT2D eigenvalue weighted by atomic mass is 16.5. The van der Waals surface area contributed by atoms with Gasteiger partial charge < -0.3 is 24.4 Å². The quantitative estimate of drug-likeness (QED) is 0.362. The third-order valence-electron chi connectivity index (χ3n) is 6.04. The molecule has 0 aliphatic rings. The number of aromatic amines is 2. The number of methoxy groups -OCH3 is 1. The number of pyridine rings is 2. The Hall–Kier alpha value is -4.14. The topological polar surface area (TPSA) is 130 Å². The van der Waals surface area contributed by atoms with Crippen LogP contribution in [0.5, 0.6) is 5.75 Å². The molecule has 3 N–H and O–H groups in total. The monoisotopic (exact) mass is 462 g/mol. The van der Waals surface area contributed by atoms with Crippen molar-refractivity contribution in [2.75, 3.05) is 7.11 Å². The van der Waals surface area contributed by atoms with E-state index in [2.05, 4.69) is 15.0 Å². The Morgan fingerprint density at radius 2 is 2.00 bits per heavy atom. The summed E-state index contributed by atoms with van der Waals surface area (Å²) in [6.07, 6.45) is 3.48. The number of esters is 1. The highest BCUT2D eigenvalue weighted by molar-refractivity contribution is 5.80. The number of aromatic hydroxyl groups is 1. The molecule has 176 valence electrons. The molecule has 3 aromatic heterocycles. The number of aromatic nitrogens is 4. The minimum Gasteiger partial charge on any atom is -0.507 e. The summed E-state index contributed by atoms with van der Waals surface area (Å²) < 4.78 is 6.37. The molecule has 0 saturated heterocycles. The fourth-order valence-corrected chi connectivity index (χ4v) is 4.24. The summed E-state index contributed by atoms with van der Waals surface area (Å²) in [4.78, 5) is 48.8. The third kappa shape index (κ3) is 4.50. The molecule has 0 aliphatic carbocycles.